The molecule has 3 N–H and O–H groups in total. The number of hydrogen-bond donors (Lipinski definition) is 3. The van der Waals surface area contributed by atoms with E-state index in [2.05, 4.69) is 43.5 Å². The van der Waals surface area contributed by atoms with Crippen molar-refractivity contribution in [2.45, 2.75) is 418 Å². The summed E-state index contributed by atoms with van der Waals surface area (Å²) in [7, 11) is 0. The first-order valence-electron chi connectivity index (χ1n) is 36.1. The van der Waals surface area contributed by atoms with Crippen molar-refractivity contribution in [1.82, 2.24) is 5.32 Å². The molecule has 0 saturated carbocycles. The van der Waals surface area contributed by atoms with Gasteiger partial charge >= 0.3 is 5.97 Å². The van der Waals surface area contributed by atoms with E-state index in [1.54, 1.807) is 0 Å². The summed E-state index contributed by atoms with van der Waals surface area (Å²) >= 11 is 0. The molecular formula is C73H141NO5. The van der Waals surface area contributed by atoms with Gasteiger partial charge in [0.2, 0.25) is 5.91 Å². The first-order valence-corrected chi connectivity index (χ1v) is 36.1. The van der Waals surface area contributed by atoms with E-state index in [0.29, 0.717) is 25.9 Å². The molecule has 0 aromatic heterocycles. The molecule has 0 aliphatic heterocycles. The third-order valence-corrected chi connectivity index (χ3v) is 17.0. The summed E-state index contributed by atoms with van der Waals surface area (Å²) in [4.78, 5) is 24.6. The van der Waals surface area contributed by atoms with Crippen molar-refractivity contribution in [2.24, 2.45) is 0 Å². The minimum atomic E-state index is -0.666. The van der Waals surface area contributed by atoms with E-state index in [0.717, 1.165) is 51.4 Å². The molecule has 6 nitrogen and oxygen atoms in total. The molecule has 0 rings (SSSR count). The Kier molecular flexibility index (Phi) is 67.4. The molecule has 0 aromatic carbocycles. The maximum Gasteiger partial charge on any atom is 0.305 e. The number of nitrogens with one attached hydrogen (secondary N) is 1. The number of aliphatic hydroxyl groups excluding tert-OH is 2. The smallest absolute Gasteiger partial charge is 0.305 e. The molecule has 468 valence electrons. The molecule has 2 unspecified atom stereocenters. The highest BCUT2D eigenvalue weighted by Crippen LogP contribution is 2.19. The van der Waals surface area contributed by atoms with Gasteiger partial charge in [-0.2, -0.15) is 0 Å². The van der Waals surface area contributed by atoms with Crippen LogP contribution in [0.4, 0.5) is 0 Å². The van der Waals surface area contributed by atoms with Gasteiger partial charge in [0, 0.05) is 12.8 Å². The van der Waals surface area contributed by atoms with Crippen LogP contribution in [0.3, 0.4) is 0 Å². The molecule has 79 heavy (non-hydrogen) atoms. The molecule has 2 atom stereocenters. The quantitative estimate of drug-likeness (QED) is 0.0320. The van der Waals surface area contributed by atoms with Gasteiger partial charge in [0.15, 0.2) is 0 Å². The monoisotopic (exact) mass is 1110 g/mol. The Labute approximate surface area is 494 Å². The Morgan fingerprint density at radius 1 is 0.354 bits per heavy atom. The zero-order chi connectivity index (χ0) is 57.1. The average Bonchev–Trinajstić information content (AvgIpc) is 3.45. The van der Waals surface area contributed by atoms with Gasteiger partial charge in [-0.05, 0) is 51.4 Å². The lowest BCUT2D eigenvalue weighted by Crippen LogP contribution is -2.45. The second kappa shape index (κ2) is 68.8. The van der Waals surface area contributed by atoms with E-state index in [4.69, 9.17) is 4.74 Å². The van der Waals surface area contributed by atoms with Gasteiger partial charge in [-0.3, -0.25) is 9.59 Å². The second-order valence-corrected chi connectivity index (χ2v) is 24.9. The van der Waals surface area contributed by atoms with Crippen LogP contribution in [-0.2, 0) is 14.3 Å². The number of esters is 1. The van der Waals surface area contributed by atoms with Crippen LogP contribution >= 0.6 is 0 Å². The molecule has 0 aromatic rings. The Morgan fingerprint density at radius 2 is 0.646 bits per heavy atom. The van der Waals surface area contributed by atoms with Gasteiger partial charge in [-0.25, -0.2) is 0 Å². The van der Waals surface area contributed by atoms with Crippen LogP contribution in [-0.4, -0.2) is 47.4 Å². The molecule has 0 fully saturated rings. The average molecular weight is 1110 g/mol. The minimum Gasteiger partial charge on any atom is -0.466 e. The number of ether oxygens (including phenoxy) is 1. The predicted octanol–water partition coefficient (Wildman–Crippen LogP) is 23.3. The molecule has 0 aliphatic rings. The van der Waals surface area contributed by atoms with Gasteiger partial charge < -0.3 is 20.3 Å². The van der Waals surface area contributed by atoms with Gasteiger partial charge in [0.25, 0.3) is 0 Å². The van der Waals surface area contributed by atoms with Crippen molar-refractivity contribution in [3.63, 3.8) is 0 Å². The van der Waals surface area contributed by atoms with Gasteiger partial charge in [-0.15, -0.1) is 0 Å². The largest absolute Gasteiger partial charge is 0.466 e. The lowest BCUT2D eigenvalue weighted by Gasteiger charge is -2.22. The number of aliphatic hydroxyl groups is 2. The van der Waals surface area contributed by atoms with Gasteiger partial charge in [-0.1, -0.05) is 366 Å². The summed E-state index contributed by atoms with van der Waals surface area (Å²) < 4.78 is 5.48. The maximum atomic E-state index is 12.6. The number of unbranched alkanes of at least 4 members (excludes halogenated alkanes) is 53. The van der Waals surface area contributed by atoms with Crippen molar-refractivity contribution >= 4 is 11.9 Å². The van der Waals surface area contributed by atoms with Crippen LogP contribution in [0.1, 0.15) is 406 Å². The van der Waals surface area contributed by atoms with Crippen LogP contribution in [0.5, 0.6) is 0 Å². The Bertz CT molecular complexity index is 1230. The number of amides is 1. The van der Waals surface area contributed by atoms with Gasteiger partial charge in [0.1, 0.15) is 0 Å². The first-order chi connectivity index (χ1) is 39.0. The summed E-state index contributed by atoms with van der Waals surface area (Å²) in [6.45, 7) is 4.95. The summed E-state index contributed by atoms with van der Waals surface area (Å²) in [6, 6.07) is -0.543. The molecule has 0 radical (unpaired) electrons. The Morgan fingerprint density at radius 3 is 1.00 bits per heavy atom. The molecule has 0 saturated heterocycles. The van der Waals surface area contributed by atoms with Crippen LogP contribution in [0.15, 0.2) is 24.3 Å². The van der Waals surface area contributed by atoms with E-state index >= 15 is 0 Å². The fraction of sp³-hybridized carbons (Fsp3) is 0.918. The Hall–Kier alpha value is -1.66. The highest BCUT2D eigenvalue weighted by atomic mass is 16.5. The fourth-order valence-electron chi connectivity index (χ4n) is 11.5. The zero-order valence-corrected chi connectivity index (χ0v) is 53.6. The normalized spacial score (nSPS) is 12.6. The summed E-state index contributed by atoms with van der Waals surface area (Å²) in [5.41, 5.74) is 0. The molecule has 0 bridgehead atoms. The number of carbonyl (C=O) groups is 2. The standard InChI is InChI=1S/C73H141NO5/c1-3-5-7-9-11-13-15-17-19-20-21-22-23-24-26-29-32-35-38-41-45-49-53-57-61-65-71(76)70(69-75)74-72(77)66-62-58-54-50-46-42-39-36-33-30-27-25-28-31-34-37-40-44-48-52-56-60-64-68-79-73(78)67-63-59-55-51-47-43-18-16-14-12-10-8-6-4-2/h10,12,16,18,70-71,75-76H,3-9,11,13-15,17,19-69H2,1-2H3,(H,74,77)/b12-10-,18-16-. The third kappa shape index (κ3) is 65.4. The van der Waals surface area contributed by atoms with Crippen molar-refractivity contribution < 1.29 is 24.5 Å². The van der Waals surface area contributed by atoms with E-state index in [1.807, 2.05) is 0 Å². The number of rotatable bonds is 68. The van der Waals surface area contributed by atoms with Crippen molar-refractivity contribution in [2.75, 3.05) is 13.2 Å². The van der Waals surface area contributed by atoms with Crippen molar-refractivity contribution in [3.8, 4) is 0 Å². The maximum absolute atomic E-state index is 12.6. The highest BCUT2D eigenvalue weighted by molar-refractivity contribution is 5.76. The third-order valence-electron chi connectivity index (χ3n) is 17.0. The van der Waals surface area contributed by atoms with Gasteiger partial charge in [0.05, 0.1) is 25.4 Å². The molecular weight excluding hydrogens is 971 g/mol. The summed E-state index contributed by atoms with van der Waals surface area (Å²) in [5.74, 6) is -0.0287. The van der Waals surface area contributed by atoms with Crippen LogP contribution < -0.4 is 5.32 Å². The zero-order valence-electron chi connectivity index (χ0n) is 53.6. The van der Waals surface area contributed by atoms with Crippen molar-refractivity contribution in [3.05, 3.63) is 24.3 Å². The number of carbonyl (C=O) groups excluding carboxylic acids is 2. The van der Waals surface area contributed by atoms with Crippen LogP contribution in [0, 0.1) is 0 Å². The lowest BCUT2D eigenvalue weighted by atomic mass is 10.0. The molecule has 0 heterocycles. The summed E-state index contributed by atoms with van der Waals surface area (Å²) in [6.07, 6.45) is 86.6. The predicted molar refractivity (Wildman–Crippen MR) is 347 cm³/mol. The number of allylic oxidation sites excluding steroid dienone is 4. The lowest BCUT2D eigenvalue weighted by molar-refractivity contribution is -0.143. The topological polar surface area (TPSA) is 95.9 Å². The van der Waals surface area contributed by atoms with E-state index in [-0.39, 0.29) is 18.5 Å². The fourth-order valence-corrected chi connectivity index (χ4v) is 11.5. The molecule has 0 spiro atoms. The second-order valence-electron chi connectivity index (χ2n) is 24.9. The SMILES string of the molecule is CCCC/C=C\C/C=C\CCCCCCCC(=O)OCCCCCCCCCCCCCCCCCCCCCCCCCC(=O)NC(CO)C(O)CCCCCCCCCCCCCCCCCCCCCCCCCCC. The van der Waals surface area contributed by atoms with E-state index in [9.17, 15) is 19.8 Å². The highest BCUT2D eigenvalue weighted by Gasteiger charge is 2.20. The summed E-state index contributed by atoms with van der Waals surface area (Å²) in [5, 5.41) is 23.5. The Balaban J connectivity index is 3.38. The van der Waals surface area contributed by atoms with E-state index < -0.39 is 12.1 Å². The molecule has 0 aliphatic carbocycles. The molecule has 6 heteroatoms. The van der Waals surface area contributed by atoms with Crippen molar-refractivity contribution in [1.29, 1.82) is 0 Å². The minimum absolute atomic E-state index is 0.000784. The number of hydrogen-bond acceptors (Lipinski definition) is 5. The van der Waals surface area contributed by atoms with E-state index in [1.165, 1.54) is 321 Å². The van der Waals surface area contributed by atoms with Crippen LogP contribution in [0.2, 0.25) is 0 Å². The van der Waals surface area contributed by atoms with Crippen LogP contribution in [0.25, 0.3) is 0 Å². The first kappa shape index (κ1) is 77.3. The molecule has 1 amide bonds.